The van der Waals surface area contributed by atoms with Crippen LogP contribution in [0.25, 0.3) is 0 Å². The van der Waals surface area contributed by atoms with Crippen molar-refractivity contribution in [3.63, 3.8) is 0 Å². The first-order valence-electron chi connectivity index (χ1n) is 7.40. The van der Waals surface area contributed by atoms with Crippen LogP contribution in [-0.2, 0) is 16.0 Å². The molecule has 5 nitrogen and oxygen atoms in total. The minimum atomic E-state index is -0.876. The van der Waals surface area contributed by atoms with Crippen LogP contribution in [0.3, 0.4) is 0 Å². The van der Waals surface area contributed by atoms with Crippen molar-refractivity contribution in [3.8, 4) is 0 Å². The van der Waals surface area contributed by atoms with Crippen LogP contribution >= 0.6 is 0 Å². The molecule has 0 heterocycles. The minimum Gasteiger partial charge on any atom is -0.481 e. The van der Waals surface area contributed by atoms with Gasteiger partial charge in [0.05, 0.1) is 6.42 Å². The summed E-state index contributed by atoms with van der Waals surface area (Å²) in [4.78, 5) is 22.9. The topological polar surface area (TPSA) is 92.4 Å². The van der Waals surface area contributed by atoms with Gasteiger partial charge in [0.1, 0.15) is 0 Å². The molecule has 1 aliphatic carbocycles. The lowest BCUT2D eigenvalue weighted by molar-refractivity contribution is -0.136. The Morgan fingerprint density at radius 1 is 1.24 bits per heavy atom. The van der Waals surface area contributed by atoms with Gasteiger partial charge in [0.15, 0.2) is 0 Å². The van der Waals surface area contributed by atoms with Gasteiger partial charge in [0.2, 0.25) is 5.91 Å². The summed E-state index contributed by atoms with van der Waals surface area (Å²) < 4.78 is 0. The summed E-state index contributed by atoms with van der Waals surface area (Å²) in [6, 6.07) is 7.02. The van der Waals surface area contributed by atoms with Gasteiger partial charge in [0, 0.05) is 11.6 Å². The molecule has 4 N–H and O–H groups in total. The van der Waals surface area contributed by atoms with Gasteiger partial charge in [-0.15, -0.1) is 0 Å². The molecule has 0 unspecified atom stereocenters. The first kappa shape index (κ1) is 15.5. The highest BCUT2D eigenvalue weighted by Crippen LogP contribution is 2.29. The number of carbonyl (C=O) groups is 2. The molecular weight excluding hydrogens is 268 g/mol. The molecule has 5 heteroatoms. The molecule has 0 bridgehead atoms. The van der Waals surface area contributed by atoms with E-state index in [1.807, 2.05) is 0 Å². The summed E-state index contributed by atoms with van der Waals surface area (Å²) in [5, 5.41) is 11.7. The molecule has 1 saturated carbocycles. The van der Waals surface area contributed by atoms with Crippen molar-refractivity contribution >= 4 is 17.6 Å². The van der Waals surface area contributed by atoms with E-state index in [4.69, 9.17) is 10.8 Å². The first-order valence-corrected chi connectivity index (χ1v) is 7.40. The molecule has 1 fully saturated rings. The van der Waals surface area contributed by atoms with E-state index < -0.39 is 5.97 Å². The molecular formula is C16H22N2O3. The first-order chi connectivity index (χ1) is 10.1. The van der Waals surface area contributed by atoms with Gasteiger partial charge in [-0.1, -0.05) is 12.1 Å². The van der Waals surface area contributed by atoms with Crippen LogP contribution in [0.15, 0.2) is 24.3 Å². The number of benzene rings is 1. The van der Waals surface area contributed by atoms with Crippen LogP contribution in [0.2, 0.25) is 0 Å². The van der Waals surface area contributed by atoms with Crippen LogP contribution in [0.5, 0.6) is 0 Å². The Morgan fingerprint density at radius 3 is 2.57 bits per heavy atom. The fourth-order valence-corrected chi connectivity index (χ4v) is 2.84. The van der Waals surface area contributed by atoms with Crippen molar-refractivity contribution in [2.45, 2.75) is 32.1 Å². The molecule has 21 heavy (non-hydrogen) atoms. The summed E-state index contributed by atoms with van der Waals surface area (Å²) in [7, 11) is 0. The number of carboxylic acids is 1. The maximum absolute atomic E-state index is 12.2. The highest BCUT2D eigenvalue weighted by atomic mass is 16.4. The Kier molecular flexibility index (Phi) is 5.33. The van der Waals surface area contributed by atoms with Crippen molar-refractivity contribution in [1.82, 2.24) is 0 Å². The third-order valence-electron chi connectivity index (χ3n) is 4.10. The zero-order valence-corrected chi connectivity index (χ0v) is 12.0. The number of nitrogens with one attached hydrogen (secondary N) is 1. The lowest BCUT2D eigenvalue weighted by Crippen LogP contribution is -2.29. The maximum atomic E-state index is 12.2. The molecule has 1 amide bonds. The van der Waals surface area contributed by atoms with E-state index in [2.05, 4.69) is 5.32 Å². The lowest BCUT2D eigenvalue weighted by atomic mass is 9.81. The Balaban J connectivity index is 1.92. The number of amides is 1. The second-order valence-electron chi connectivity index (χ2n) is 5.71. The van der Waals surface area contributed by atoms with E-state index in [0.29, 0.717) is 23.7 Å². The van der Waals surface area contributed by atoms with Crippen LogP contribution in [0, 0.1) is 11.8 Å². The summed E-state index contributed by atoms with van der Waals surface area (Å²) in [5.41, 5.74) is 7.01. The second kappa shape index (κ2) is 7.22. The summed E-state index contributed by atoms with van der Waals surface area (Å²) in [6.07, 6.45) is 3.73. The van der Waals surface area contributed by atoms with Crippen LogP contribution in [0.4, 0.5) is 5.69 Å². The van der Waals surface area contributed by atoms with Gasteiger partial charge >= 0.3 is 5.97 Å². The van der Waals surface area contributed by atoms with Crippen molar-refractivity contribution in [2.24, 2.45) is 17.6 Å². The summed E-state index contributed by atoms with van der Waals surface area (Å²) >= 11 is 0. The Labute approximate surface area is 124 Å². The normalized spacial score (nSPS) is 21.8. The summed E-state index contributed by atoms with van der Waals surface area (Å²) in [6.45, 7) is 0.700. The average Bonchev–Trinajstić information content (AvgIpc) is 2.47. The quantitative estimate of drug-likeness (QED) is 0.773. The van der Waals surface area contributed by atoms with E-state index in [9.17, 15) is 9.59 Å². The molecule has 1 aliphatic rings. The van der Waals surface area contributed by atoms with Crippen LogP contribution in [-0.4, -0.2) is 23.5 Å². The van der Waals surface area contributed by atoms with Gasteiger partial charge in [-0.25, -0.2) is 0 Å². The highest BCUT2D eigenvalue weighted by molar-refractivity contribution is 5.92. The van der Waals surface area contributed by atoms with Crippen molar-refractivity contribution in [3.05, 3.63) is 29.8 Å². The molecule has 114 valence electrons. The molecule has 0 saturated heterocycles. The number of hydrogen-bond donors (Lipinski definition) is 3. The van der Waals surface area contributed by atoms with Gasteiger partial charge in [0.25, 0.3) is 0 Å². The number of nitrogens with two attached hydrogens (primary N) is 1. The molecule has 1 aromatic rings. The smallest absolute Gasteiger partial charge is 0.307 e. The molecule has 0 atom stereocenters. The average molecular weight is 290 g/mol. The molecule has 0 aliphatic heterocycles. The Bertz CT molecular complexity index is 508. The van der Waals surface area contributed by atoms with E-state index >= 15 is 0 Å². The number of rotatable bonds is 5. The SMILES string of the molecule is NCC1CCC(C(=O)Nc2cccc(CC(=O)O)c2)CC1. The van der Waals surface area contributed by atoms with Crippen molar-refractivity contribution < 1.29 is 14.7 Å². The number of hydrogen-bond acceptors (Lipinski definition) is 3. The van der Waals surface area contributed by atoms with E-state index in [0.717, 1.165) is 25.7 Å². The van der Waals surface area contributed by atoms with Gasteiger partial charge in [-0.05, 0) is 55.8 Å². The predicted molar refractivity (Wildman–Crippen MR) is 80.9 cm³/mol. The lowest BCUT2D eigenvalue weighted by Gasteiger charge is -2.26. The number of carboxylic acid groups (broad SMARTS) is 1. The standard InChI is InChI=1S/C16H22N2O3/c17-10-11-4-6-13(7-5-11)16(21)18-14-3-1-2-12(8-14)9-15(19)20/h1-3,8,11,13H,4-7,9-10,17H2,(H,18,21)(H,19,20). The molecule has 0 radical (unpaired) electrons. The third-order valence-corrected chi connectivity index (χ3v) is 4.10. The van der Waals surface area contributed by atoms with Gasteiger partial charge in [-0.2, -0.15) is 0 Å². The van der Waals surface area contributed by atoms with Crippen molar-refractivity contribution in [2.75, 3.05) is 11.9 Å². The molecule has 0 spiro atoms. The third kappa shape index (κ3) is 4.56. The monoisotopic (exact) mass is 290 g/mol. The second-order valence-corrected chi connectivity index (χ2v) is 5.71. The maximum Gasteiger partial charge on any atom is 0.307 e. The largest absolute Gasteiger partial charge is 0.481 e. The van der Waals surface area contributed by atoms with E-state index in [-0.39, 0.29) is 18.2 Å². The van der Waals surface area contributed by atoms with Gasteiger partial charge < -0.3 is 16.2 Å². The van der Waals surface area contributed by atoms with Crippen LogP contribution < -0.4 is 11.1 Å². The van der Waals surface area contributed by atoms with Crippen LogP contribution in [0.1, 0.15) is 31.2 Å². The highest BCUT2D eigenvalue weighted by Gasteiger charge is 2.25. The number of aliphatic carboxylic acids is 1. The fraction of sp³-hybridized carbons (Fsp3) is 0.500. The predicted octanol–water partition coefficient (Wildman–Crippen LogP) is 2.02. The van der Waals surface area contributed by atoms with E-state index in [1.165, 1.54) is 0 Å². The Hall–Kier alpha value is -1.88. The molecule has 1 aromatic carbocycles. The zero-order valence-electron chi connectivity index (χ0n) is 12.0. The number of anilines is 1. The van der Waals surface area contributed by atoms with Gasteiger partial charge in [-0.3, -0.25) is 9.59 Å². The molecule has 2 rings (SSSR count). The molecule has 0 aromatic heterocycles. The van der Waals surface area contributed by atoms with Crippen molar-refractivity contribution in [1.29, 1.82) is 0 Å². The number of carbonyl (C=O) groups excluding carboxylic acids is 1. The summed E-state index contributed by atoms with van der Waals surface area (Å²) in [5.74, 6) is -0.264. The zero-order chi connectivity index (χ0) is 15.2. The Morgan fingerprint density at radius 2 is 1.95 bits per heavy atom. The fourth-order valence-electron chi connectivity index (χ4n) is 2.84. The minimum absolute atomic E-state index is 0.0259. The van der Waals surface area contributed by atoms with E-state index in [1.54, 1.807) is 24.3 Å².